The van der Waals surface area contributed by atoms with E-state index < -0.39 is 0 Å². The Balaban J connectivity index is 1.30. The van der Waals surface area contributed by atoms with Gasteiger partial charge in [-0.2, -0.15) is 10.2 Å². The first kappa shape index (κ1) is 20.4. The van der Waals surface area contributed by atoms with Crippen LogP contribution in [0.1, 0.15) is 54.7 Å². The van der Waals surface area contributed by atoms with Crippen LogP contribution in [0.5, 0.6) is 0 Å². The number of ether oxygens (including phenoxy) is 2. The van der Waals surface area contributed by atoms with Crippen LogP contribution >= 0.6 is 0 Å². The Bertz CT molecular complexity index is 893. The number of anilines is 1. The van der Waals surface area contributed by atoms with Gasteiger partial charge in [-0.05, 0) is 38.7 Å². The molecule has 1 aliphatic carbocycles. The van der Waals surface area contributed by atoms with Crippen LogP contribution in [0.4, 0.5) is 10.6 Å². The van der Waals surface area contributed by atoms with Crippen molar-refractivity contribution >= 4 is 17.8 Å². The molecule has 3 atom stereocenters. The molecule has 10 nitrogen and oxygen atoms in total. The zero-order valence-corrected chi connectivity index (χ0v) is 17.3. The Morgan fingerprint density at radius 3 is 2.93 bits per heavy atom. The predicted octanol–water partition coefficient (Wildman–Crippen LogP) is 2.37. The van der Waals surface area contributed by atoms with Crippen LogP contribution in [0.3, 0.4) is 0 Å². The molecule has 0 spiro atoms. The topological polar surface area (TPSA) is 114 Å². The van der Waals surface area contributed by atoms with Gasteiger partial charge < -0.3 is 19.7 Å². The van der Waals surface area contributed by atoms with E-state index in [1.165, 1.54) is 0 Å². The first-order valence-electron chi connectivity index (χ1n) is 10.4. The number of aromatic amines is 1. The maximum absolute atomic E-state index is 12.6. The van der Waals surface area contributed by atoms with E-state index in [9.17, 15) is 9.59 Å². The zero-order valence-electron chi connectivity index (χ0n) is 17.3. The van der Waals surface area contributed by atoms with Crippen LogP contribution in [0.25, 0.3) is 0 Å². The lowest BCUT2D eigenvalue weighted by Gasteiger charge is -2.38. The van der Waals surface area contributed by atoms with Gasteiger partial charge in [0.2, 0.25) is 0 Å². The highest BCUT2D eigenvalue weighted by Crippen LogP contribution is 2.36. The molecular formula is C20H28N6O4. The number of methoxy groups -OCH3 is 1. The van der Waals surface area contributed by atoms with Crippen LogP contribution in [0.15, 0.2) is 18.3 Å². The number of amides is 2. The summed E-state index contributed by atoms with van der Waals surface area (Å²) < 4.78 is 12.3. The molecule has 162 valence electrons. The lowest BCUT2D eigenvalue weighted by Crippen LogP contribution is -2.50. The maximum Gasteiger partial charge on any atom is 0.410 e. The normalized spacial score (nSPS) is 23.3. The molecule has 2 aromatic rings. The minimum absolute atomic E-state index is 0.0771. The Morgan fingerprint density at radius 1 is 1.33 bits per heavy atom. The summed E-state index contributed by atoms with van der Waals surface area (Å²) in [7, 11) is 1.61. The number of hydrogen-bond donors (Lipinski definition) is 2. The molecule has 0 radical (unpaired) electrons. The Morgan fingerprint density at radius 2 is 2.20 bits per heavy atom. The molecule has 1 saturated heterocycles. The van der Waals surface area contributed by atoms with Crippen LogP contribution in [0, 0.1) is 0 Å². The Hall–Kier alpha value is -2.88. The summed E-state index contributed by atoms with van der Waals surface area (Å²) in [6, 6.07) is 3.78. The number of likely N-dealkylation sites (tertiary alicyclic amines) is 1. The highest BCUT2D eigenvalue weighted by Gasteiger charge is 2.34. The summed E-state index contributed by atoms with van der Waals surface area (Å²) in [6.07, 6.45) is 4.84. The Kier molecular flexibility index (Phi) is 6.03. The molecule has 2 N–H and O–H groups in total. The number of carbonyl (C=O) groups excluding carboxylic acids is 2. The van der Waals surface area contributed by atoms with Gasteiger partial charge in [0.15, 0.2) is 5.82 Å². The van der Waals surface area contributed by atoms with Crippen molar-refractivity contribution in [2.45, 2.75) is 57.2 Å². The van der Waals surface area contributed by atoms with E-state index in [2.05, 4.69) is 20.6 Å². The minimum Gasteiger partial charge on any atom is -0.446 e. The smallest absolute Gasteiger partial charge is 0.410 e. The summed E-state index contributed by atoms with van der Waals surface area (Å²) in [5, 5.41) is 14.2. The maximum atomic E-state index is 12.6. The first-order valence-corrected chi connectivity index (χ1v) is 10.4. The van der Waals surface area contributed by atoms with Crippen molar-refractivity contribution in [2.24, 2.45) is 0 Å². The third-order valence-corrected chi connectivity index (χ3v) is 5.94. The number of aromatic nitrogens is 4. The third kappa shape index (κ3) is 4.33. The highest BCUT2D eigenvalue weighted by atomic mass is 16.6. The van der Waals surface area contributed by atoms with E-state index in [0.717, 1.165) is 37.9 Å². The van der Waals surface area contributed by atoms with E-state index in [4.69, 9.17) is 9.47 Å². The van der Waals surface area contributed by atoms with Crippen LogP contribution in [-0.4, -0.2) is 69.3 Å². The summed E-state index contributed by atoms with van der Waals surface area (Å²) in [5.74, 6) is 0.412. The summed E-state index contributed by atoms with van der Waals surface area (Å²) in [4.78, 5) is 26.5. The van der Waals surface area contributed by atoms with Crippen LogP contribution in [0.2, 0.25) is 0 Å². The monoisotopic (exact) mass is 416 g/mol. The third-order valence-electron chi connectivity index (χ3n) is 5.94. The highest BCUT2D eigenvalue weighted by molar-refractivity contribution is 6.02. The number of H-pyrrole nitrogens is 1. The molecule has 2 fully saturated rings. The second-order valence-corrected chi connectivity index (χ2v) is 7.94. The standard InChI is InChI=1S/C20H28N6O4/c1-13-6-8-25(13)20(28)30-15-4-3-14(11-15)16-12-18(24-23-16)22-19(27)17-5-7-21-26(17)9-10-29-2/h5,7,12-15H,3-4,6,8-11H2,1-2H3,(H2,22,23,24,27)/t13-,14-,15+/m0/s1. The number of rotatable bonds is 7. The quantitative estimate of drug-likeness (QED) is 0.716. The van der Waals surface area contributed by atoms with E-state index in [0.29, 0.717) is 24.7 Å². The fourth-order valence-corrected chi connectivity index (χ4v) is 4.00. The lowest BCUT2D eigenvalue weighted by molar-refractivity contribution is 0.0281. The molecule has 1 aliphatic heterocycles. The van der Waals surface area contributed by atoms with Gasteiger partial charge in [0.1, 0.15) is 11.8 Å². The molecule has 10 heteroatoms. The molecule has 2 amide bonds. The average Bonchev–Trinajstić information content (AvgIpc) is 3.45. The fourth-order valence-electron chi connectivity index (χ4n) is 4.00. The predicted molar refractivity (Wildman–Crippen MR) is 108 cm³/mol. The van der Waals surface area contributed by atoms with Gasteiger partial charge in [-0.25, -0.2) is 4.79 Å². The van der Waals surface area contributed by atoms with E-state index in [1.54, 1.807) is 29.0 Å². The van der Waals surface area contributed by atoms with Crippen molar-refractivity contribution in [1.29, 1.82) is 0 Å². The SMILES string of the molecule is COCCn1nccc1C(=O)Nc1cc([C@H]2CC[C@@H](OC(=O)N3CC[C@@H]3C)C2)[nH]n1. The van der Waals surface area contributed by atoms with Crippen molar-refractivity contribution in [1.82, 2.24) is 24.9 Å². The molecule has 30 heavy (non-hydrogen) atoms. The summed E-state index contributed by atoms with van der Waals surface area (Å²) in [6.45, 7) is 3.78. The molecule has 2 aromatic heterocycles. The number of hydrogen-bond acceptors (Lipinski definition) is 6. The molecule has 4 rings (SSSR count). The molecule has 0 unspecified atom stereocenters. The van der Waals surface area contributed by atoms with E-state index in [1.807, 2.05) is 13.0 Å². The number of nitrogens with zero attached hydrogens (tertiary/aromatic N) is 4. The Labute approximate surface area is 174 Å². The molecular weight excluding hydrogens is 388 g/mol. The van der Waals surface area contributed by atoms with Gasteiger partial charge in [0.25, 0.3) is 5.91 Å². The van der Waals surface area contributed by atoms with E-state index in [-0.39, 0.29) is 30.1 Å². The molecule has 0 bridgehead atoms. The summed E-state index contributed by atoms with van der Waals surface area (Å²) >= 11 is 0. The van der Waals surface area contributed by atoms with Crippen LogP contribution < -0.4 is 5.32 Å². The van der Waals surface area contributed by atoms with Gasteiger partial charge in [-0.15, -0.1) is 0 Å². The zero-order chi connectivity index (χ0) is 21.1. The van der Waals surface area contributed by atoms with Gasteiger partial charge in [-0.3, -0.25) is 14.6 Å². The van der Waals surface area contributed by atoms with Gasteiger partial charge in [0, 0.05) is 43.6 Å². The van der Waals surface area contributed by atoms with Crippen molar-refractivity contribution < 1.29 is 19.1 Å². The van der Waals surface area contributed by atoms with Crippen LogP contribution in [-0.2, 0) is 16.0 Å². The summed E-state index contributed by atoms with van der Waals surface area (Å²) in [5.41, 5.74) is 1.39. The first-order chi connectivity index (χ1) is 14.5. The van der Waals surface area contributed by atoms with Crippen molar-refractivity contribution in [3.8, 4) is 0 Å². The molecule has 3 heterocycles. The average molecular weight is 416 g/mol. The van der Waals surface area contributed by atoms with Gasteiger partial charge in [-0.1, -0.05) is 0 Å². The lowest BCUT2D eigenvalue weighted by atomic mass is 10.0. The van der Waals surface area contributed by atoms with Gasteiger partial charge in [0.05, 0.1) is 13.2 Å². The van der Waals surface area contributed by atoms with Gasteiger partial charge >= 0.3 is 6.09 Å². The van der Waals surface area contributed by atoms with Crippen molar-refractivity contribution in [3.63, 3.8) is 0 Å². The number of carbonyl (C=O) groups is 2. The van der Waals surface area contributed by atoms with Crippen molar-refractivity contribution in [3.05, 3.63) is 29.7 Å². The second-order valence-electron chi connectivity index (χ2n) is 7.94. The largest absolute Gasteiger partial charge is 0.446 e. The fraction of sp³-hybridized carbons (Fsp3) is 0.600. The molecule has 2 aliphatic rings. The van der Waals surface area contributed by atoms with Crippen molar-refractivity contribution in [2.75, 3.05) is 25.6 Å². The van der Waals surface area contributed by atoms with E-state index >= 15 is 0 Å². The number of nitrogens with one attached hydrogen (secondary N) is 2. The molecule has 1 saturated carbocycles. The minimum atomic E-state index is -0.274. The second kappa shape index (κ2) is 8.86. The molecule has 0 aromatic carbocycles.